The van der Waals surface area contributed by atoms with Gasteiger partial charge in [-0.1, -0.05) is 11.6 Å². The van der Waals surface area contributed by atoms with E-state index in [1.165, 1.54) is 4.68 Å². The second kappa shape index (κ2) is 6.79. The lowest BCUT2D eigenvalue weighted by atomic mass is 10.2. The fourth-order valence-corrected chi connectivity index (χ4v) is 3.69. The molecule has 1 saturated heterocycles. The summed E-state index contributed by atoms with van der Waals surface area (Å²) in [5.41, 5.74) is -0.650. The average molecular weight is 380 g/mol. The molecule has 1 aromatic rings. The molecule has 2 heterocycles. The number of alkyl halides is 3. The summed E-state index contributed by atoms with van der Waals surface area (Å²) in [5, 5.41) is 3.33. The van der Waals surface area contributed by atoms with E-state index in [4.69, 9.17) is 16.3 Å². The van der Waals surface area contributed by atoms with E-state index in [0.29, 0.717) is 18.8 Å². The zero-order valence-corrected chi connectivity index (χ0v) is 14.9. The molecule has 25 heavy (non-hydrogen) atoms. The maximum atomic E-state index is 13.1. The molecule has 2 fully saturated rings. The van der Waals surface area contributed by atoms with Crippen LogP contribution in [-0.2, 0) is 22.3 Å². The van der Waals surface area contributed by atoms with Crippen molar-refractivity contribution in [3.8, 4) is 0 Å². The van der Waals surface area contributed by atoms with Crippen LogP contribution in [0.5, 0.6) is 0 Å². The van der Waals surface area contributed by atoms with Gasteiger partial charge in [0, 0.05) is 25.4 Å². The SMILES string of the molecule is CC1CN(C(=O)CCn2nc(C(F)(F)F)c(Cl)c2C2CC2)CC(C)O1. The minimum Gasteiger partial charge on any atom is -0.372 e. The largest absolute Gasteiger partial charge is 0.436 e. The Morgan fingerprint density at radius 3 is 2.40 bits per heavy atom. The van der Waals surface area contributed by atoms with E-state index in [1.54, 1.807) is 4.90 Å². The Bertz CT molecular complexity index is 648. The molecule has 2 unspecified atom stereocenters. The van der Waals surface area contributed by atoms with Gasteiger partial charge in [0.25, 0.3) is 0 Å². The maximum Gasteiger partial charge on any atom is 0.436 e. The van der Waals surface area contributed by atoms with Crippen LogP contribution in [0, 0.1) is 0 Å². The Hall–Kier alpha value is -1.28. The Labute approximate surface area is 149 Å². The first-order valence-electron chi connectivity index (χ1n) is 8.43. The van der Waals surface area contributed by atoms with E-state index in [1.807, 2.05) is 13.8 Å². The molecule has 0 radical (unpaired) electrons. The first-order chi connectivity index (χ1) is 11.7. The molecular weight excluding hydrogens is 359 g/mol. The van der Waals surface area contributed by atoms with Crippen LogP contribution in [0.3, 0.4) is 0 Å². The molecule has 5 nitrogen and oxygen atoms in total. The lowest BCUT2D eigenvalue weighted by Crippen LogP contribution is -2.48. The van der Waals surface area contributed by atoms with Crippen molar-refractivity contribution in [1.82, 2.24) is 14.7 Å². The van der Waals surface area contributed by atoms with Gasteiger partial charge in [-0.15, -0.1) is 0 Å². The third kappa shape index (κ3) is 4.11. The Kier molecular flexibility index (Phi) is 5.03. The van der Waals surface area contributed by atoms with Crippen molar-refractivity contribution in [3.05, 3.63) is 16.4 Å². The summed E-state index contributed by atoms with van der Waals surface area (Å²) in [4.78, 5) is 14.1. The normalized spacial score (nSPS) is 24.6. The van der Waals surface area contributed by atoms with Crippen LogP contribution in [0.15, 0.2) is 0 Å². The number of aryl methyl sites for hydroxylation is 1. The second-order valence-corrected chi connectivity index (χ2v) is 7.23. The van der Waals surface area contributed by atoms with Crippen LogP contribution in [0.1, 0.15) is 50.4 Å². The maximum absolute atomic E-state index is 13.1. The molecule has 1 aromatic heterocycles. The van der Waals surface area contributed by atoms with Gasteiger partial charge < -0.3 is 9.64 Å². The van der Waals surface area contributed by atoms with Crippen LogP contribution >= 0.6 is 11.6 Å². The van der Waals surface area contributed by atoms with E-state index >= 15 is 0 Å². The van der Waals surface area contributed by atoms with Crippen LogP contribution in [0.2, 0.25) is 5.02 Å². The molecule has 1 amide bonds. The van der Waals surface area contributed by atoms with Crippen molar-refractivity contribution < 1.29 is 22.7 Å². The predicted octanol–water partition coefficient (Wildman–Crippen LogP) is 3.46. The lowest BCUT2D eigenvalue weighted by Gasteiger charge is -2.35. The van der Waals surface area contributed by atoms with Gasteiger partial charge in [-0.25, -0.2) is 0 Å². The van der Waals surface area contributed by atoms with Crippen LogP contribution in [0.25, 0.3) is 0 Å². The molecule has 0 bridgehead atoms. The highest BCUT2D eigenvalue weighted by Crippen LogP contribution is 2.46. The molecule has 2 aliphatic rings. The van der Waals surface area contributed by atoms with Gasteiger partial charge in [-0.3, -0.25) is 9.48 Å². The molecule has 140 valence electrons. The number of hydrogen-bond donors (Lipinski definition) is 0. The van der Waals surface area contributed by atoms with E-state index < -0.39 is 11.9 Å². The average Bonchev–Trinajstić information content (AvgIpc) is 3.26. The monoisotopic (exact) mass is 379 g/mol. The van der Waals surface area contributed by atoms with E-state index in [9.17, 15) is 18.0 Å². The Morgan fingerprint density at radius 2 is 1.88 bits per heavy atom. The van der Waals surface area contributed by atoms with Gasteiger partial charge >= 0.3 is 6.18 Å². The molecule has 1 aliphatic heterocycles. The number of halogens is 4. The minimum atomic E-state index is -4.59. The number of hydrogen-bond acceptors (Lipinski definition) is 3. The second-order valence-electron chi connectivity index (χ2n) is 6.85. The van der Waals surface area contributed by atoms with Gasteiger partial charge in [0.1, 0.15) is 0 Å². The summed E-state index contributed by atoms with van der Waals surface area (Å²) in [5.74, 6) is -0.0986. The number of nitrogens with zero attached hydrogens (tertiary/aromatic N) is 3. The highest BCUT2D eigenvalue weighted by atomic mass is 35.5. The molecular formula is C16H21ClF3N3O2. The van der Waals surface area contributed by atoms with Crippen molar-refractivity contribution in [2.75, 3.05) is 13.1 Å². The summed E-state index contributed by atoms with van der Waals surface area (Å²) in [6, 6.07) is 0. The van der Waals surface area contributed by atoms with Crippen molar-refractivity contribution in [2.45, 2.75) is 64.0 Å². The molecule has 1 aliphatic carbocycles. The first-order valence-corrected chi connectivity index (χ1v) is 8.81. The van der Waals surface area contributed by atoms with Crippen molar-refractivity contribution in [2.24, 2.45) is 0 Å². The third-order valence-electron chi connectivity index (χ3n) is 4.47. The molecule has 0 N–H and O–H groups in total. The number of rotatable bonds is 4. The topological polar surface area (TPSA) is 47.4 Å². The van der Waals surface area contributed by atoms with Crippen molar-refractivity contribution in [3.63, 3.8) is 0 Å². The fourth-order valence-electron chi connectivity index (χ4n) is 3.29. The molecule has 0 spiro atoms. The lowest BCUT2D eigenvalue weighted by molar-refractivity contribution is -0.143. The van der Waals surface area contributed by atoms with E-state index in [0.717, 1.165) is 12.8 Å². The first kappa shape index (κ1) is 18.5. The molecule has 3 rings (SSSR count). The number of morpholine rings is 1. The highest BCUT2D eigenvalue weighted by molar-refractivity contribution is 6.32. The van der Waals surface area contributed by atoms with Gasteiger partial charge in [0.2, 0.25) is 5.91 Å². The summed E-state index contributed by atoms with van der Waals surface area (Å²) in [7, 11) is 0. The quantitative estimate of drug-likeness (QED) is 0.805. The van der Waals surface area contributed by atoms with Gasteiger partial charge in [-0.2, -0.15) is 18.3 Å². The predicted molar refractivity (Wildman–Crippen MR) is 85.4 cm³/mol. The smallest absolute Gasteiger partial charge is 0.372 e. The molecule has 2 atom stereocenters. The summed E-state index contributed by atoms with van der Waals surface area (Å²) < 4.78 is 46.0. The number of aromatic nitrogens is 2. The van der Waals surface area contributed by atoms with Crippen LogP contribution in [-0.4, -0.2) is 45.9 Å². The number of ether oxygens (including phenoxy) is 1. The summed E-state index contributed by atoms with van der Waals surface area (Å²) in [6.45, 7) is 4.87. The van der Waals surface area contributed by atoms with Crippen molar-refractivity contribution in [1.29, 1.82) is 0 Å². The van der Waals surface area contributed by atoms with E-state index in [-0.39, 0.29) is 42.0 Å². The van der Waals surface area contributed by atoms with Gasteiger partial charge in [0.05, 0.1) is 29.5 Å². The molecule has 1 saturated carbocycles. The zero-order valence-electron chi connectivity index (χ0n) is 14.1. The van der Waals surface area contributed by atoms with Crippen LogP contribution in [0.4, 0.5) is 13.2 Å². The molecule has 0 aromatic carbocycles. The summed E-state index contributed by atoms with van der Waals surface area (Å²) in [6.07, 6.45) is -3.00. The summed E-state index contributed by atoms with van der Waals surface area (Å²) >= 11 is 5.94. The van der Waals surface area contributed by atoms with Gasteiger partial charge in [0.15, 0.2) is 5.69 Å². The minimum absolute atomic E-state index is 0.00892. The highest BCUT2D eigenvalue weighted by Gasteiger charge is 2.42. The third-order valence-corrected chi connectivity index (χ3v) is 4.85. The number of amides is 1. The molecule has 9 heteroatoms. The standard InChI is InChI=1S/C16H21ClF3N3O2/c1-9-7-22(8-10(2)25-9)12(24)5-6-23-14(11-3-4-11)13(17)15(21-23)16(18,19)20/h9-11H,3-8H2,1-2H3. The number of carbonyl (C=O) groups is 1. The fraction of sp³-hybridized carbons (Fsp3) is 0.750. The van der Waals surface area contributed by atoms with Crippen LogP contribution < -0.4 is 0 Å². The van der Waals surface area contributed by atoms with Gasteiger partial charge in [-0.05, 0) is 26.7 Å². The zero-order chi connectivity index (χ0) is 18.4. The number of carbonyl (C=O) groups excluding carboxylic acids is 1. The van der Waals surface area contributed by atoms with E-state index in [2.05, 4.69) is 5.10 Å². The van der Waals surface area contributed by atoms with Crippen molar-refractivity contribution >= 4 is 17.5 Å². The Balaban J connectivity index is 1.71. The Morgan fingerprint density at radius 1 is 1.28 bits per heavy atom.